The average molecular weight is 461 g/mol. The molecule has 1 N–H and O–H groups in total. The number of likely N-dealkylation sites (N-methyl/N-ethyl adjacent to an activating group) is 1. The van der Waals surface area contributed by atoms with Crippen LogP contribution in [0.4, 0.5) is 24.0 Å². The van der Waals surface area contributed by atoms with Crippen molar-refractivity contribution < 1.29 is 22.7 Å². The maximum Gasteiger partial charge on any atom is 0.573 e. The number of hydrogen-bond acceptors (Lipinski definition) is 6. The van der Waals surface area contributed by atoms with Gasteiger partial charge in [-0.3, -0.25) is 4.79 Å². The Labute approximate surface area is 185 Å². The maximum absolute atomic E-state index is 12.4. The van der Waals surface area contributed by atoms with Gasteiger partial charge >= 0.3 is 6.36 Å². The quantitative estimate of drug-likeness (QED) is 0.448. The molecule has 2 aromatic carbocycles. The number of para-hydroxylation sites is 1. The van der Waals surface area contributed by atoms with Gasteiger partial charge in [-0.25, -0.2) is 4.68 Å². The van der Waals surface area contributed by atoms with E-state index in [1.165, 1.54) is 23.5 Å². The number of nitrogens with one attached hydrogen (secondary N) is 1. The maximum atomic E-state index is 12.4. The Bertz CT molecular complexity index is 1240. The highest BCUT2D eigenvalue weighted by Crippen LogP contribution is 2.32. The van der Waals surface area contributed by atoms with E-state index < -0.39 is 6.36 Å². The summed E-state index contributed by atoms with van der Waals surface area (Å²) in [6.45, 7) is 1.91. The van der Waals surface area contributed by atoms with Crippen LogP contribution in [0.25, 0.3) is 16.0 Å². The van der Waals surface area contributed by atoms with Gasteiger partial charge < -0.3 is 15.0 Å². The van der Waals surface area contributed by atoms with E-state index in [9.17, 15) is 18.0 Å². The minimum atomic E-state index is -4.76. The van der Waals surface area contributed by atoms with Gasteiger partial charge in [0.15, 0.2) is 10.8 Å². The lowest BCUT2D eigenvalue weighted by Gasteiger charge is -2.15. The number of carbonyl (C=O) groups excluding carboxylic acids is 1. The van der Waals surface area contributed by atoms with E-state index in [1.54, 1.807) is 16.6 Å². The van der Waals surface area contributed by atoms with Crippen LogP contribution in [0.2, 0.25) is 0 Å². The Hall–Kier alpha value is -3.60. The first-order chi connectivity index (χ1) is 15.2. The van der Waals surface area contributed by atoms with Gasteiger partial charge in [-0.15, -0.1) is 13.2 Å². The monoisotopic (exact) mass is 461 g/mol. The number of hydrogen-bond donors (Lipinski definition) is 1. The first-order valence-electron chi connectivity index (χ1n) is 9.48. The molecule has 0 bridgehead atoms. The fraction of sp³-hybridized carbons (Fsp3) is 0.190. The van der Waals surface area contributed by atoms with E-state index in [2.05, 4.69) is 20.1 Å². The summed E-state index contributed by atoms with van der Waals surface area (Å²) < 4.78 is 43.3. The molecule has 0 unspecified atom stereocenters. The van der Waals surface area contributed by atoms with Gasteiger partial charge in [0.1, 0.15) is 5.75 Å². The molecule has 2 aromatic heterocycles. The van der Waals surface area contributed by atoms with E-state index in [4.69, 9.17) is 0 Å². The highest BCUT2D eigenvalue weighted by molar-refractivity contribution is 7.22. The fourth-order valence-corrected chi connectivity index (χ4v) is 4.01. The van der Waals surface area contributed by atoms with Gasteiger partial charge in [0.25, 0.3) is 0 Å². The number of amides is 1. The minimum absolute atomic E-state index is 0.00865. The predicted molar refractivity (Wildman–Crippen MR) is 117 cm³/mol. The number of halogens is 3. The minimum Gasteiger partial charge on any atom is -0.406 e. The largest absolute Gasteiger partial charge is 0.573 e. The third-order valence-corrected chi connectivity index (χ3v) is 5.72. The predicted octanol–water partition coefficient (Wildman–Crippen LogP) is 4.76. The molecule has 0 aliphatic heterocycles. The van der Waals surface area contributed by atoms with Crippen LogP contribution in [0.15, 0.2) is 54.6 Å². The van der Waals surface area contributed by atoms with Crippen LogP contribution in [0, 0.1) is 6.92 Å². The molecule has 7 nitrogen and oxygen atoms in total. The van der Waals surface area contributed by atoms with Crippen LogP contribution in [0.5, 0.6) is 5.75 Å². The molecule has 4 rings (SSSR count). The molecule has 0 fully saturated rings. The van der Waals surface area contributed by atoms with Crippen molar-refractivity contribution in [1.29, 1.82) is 0 Å². The van der Waals surface area contributed by atoms with Gasteiger partial charge in [-0.1, -0.05) is 29.5 Å². The van der Waals surface area contributed by atoms with Crippen LogP contribution in [-0.2, 0) is 4.79 Å². The second-order valence-electron chi connectivity index (χ2n) is 6.96. The van der Waals surface area contributed by atoms with E-state index in [-0.39, 0.29) is 18.2 Å². The number of anilines is 2. The number of aromatic nitrogens is 3. The number of ether oxygens (including phenoxy) is 1. The zero-order valence-corrected chi connectivity index (χ0v) is 17.9. The molecule has 11 heteroatoms. The van der Waals surface area contributed by atoms with Crippen molar-refractivity contribution >= 4 is 38.4 Å². The van der Waals surface area contributed by atoms with Crippen LogP contribution in [0.1, 0.15) is 5.69 Å². The number of nitrogens with zero attached hydrogens (tertiary/aromatic N) is 4. The molecular weight excluding hydrogens is 443 g/mol. The van der Waals surface area contributed by atoms with Crippen molar-refractivity contribution in [1.82, 2.24) is 14.8 Å². The topological polar surface area (TPSA) is 72.3 Å². The number of benzene rings is 2. The smallest absolute Gasteiger partial charge is 0.406 e. The summed E-state index contributed by atoms with van der Waals surface area (Å²) in [6, 6.07) is 14.6. The molecule has 166 valence electrons. The Morgan fingerprint density at radius 1 is 1.16 bits per heavy atom. The standard InChI is InChI=1S/C21H18F3N5O2S/c1-13-18-19(29(27-13)15-6-4-3-5-7-15)26-20(32-18)28(2)12-17(30)25-14-8-10-16(11-9-14)31-21(22,23)24/h3-11H,12H2,1-2H3,(H,25,30). The molecule has 0 saturated carbocycles. The molecule has 1 amide bonds. The summed E-state index contributed by atoms with van der Waals surface area (Å²) in [5.74, 6) is -0.692. The first-order valence-corrected chi connectivity index (χ1v) is 10.3. The summed E-state index contributed by atoms with van der Waals surface area (Å²) in [6.07, 6.45) is -4.76. The summed E-state index contributed by atoms with van der Waals surface area (Å²) in [5.41, 5.74) is 2.80. The van der Waals surface area contributed by atoms with E-state index >= 15 is 0 Å². The van der Waals surface area contributed by atoms with E-state index in [0.717, 1.165) is 28.2 Å². The van der Waals surface area contributed by atoms with Crippen molar-refractivity contribution in [2.45, 2.75) is 13.3 Å². The Kier molecular flexibility index (Phi) is 5.74. The Morgan fingerprint density at radius 3 is 2.50 bits per heavy atom. The first kappa shape index (κ1) is 21.6. The van der Waals surface area contributed by atoms with Crippen LogP contribution in [-0.4, -0.2) is 40.6 Å². The summed E-state index contributed by atoms with van der Waals surface area (Å²) in [5, 5.41) is 7.85. The lowest BCUT2D eigenvalue weighted by atomic mass is 10.3. The molecule has 0 aliphatic rings. The molecule has 0 spiro atoms. The second kappa shape index (κ2) is 8.50. The molecule has 32 heavy (non-hydrogen) atoms. The van der Waals surface area contributed by atoms with Gasteiger partial charge in [0.2, 0.25) is 5.91 Å². The molecule has 0 radical (unpaired) electrons. The zero-order valence-electron chi connectivity index (χ0n) is 17.1. The highest BCUT2D eigenvalue weighted by atomic mass is 32.1. The lowest BCUT2D eigenvalue weighted by Crippen LogP contribution is -2.30. The number of carbonyl (C=O) groups is 1. The molecule has 0 saturated heterocycles. The SMILES string of the molecule is Cc1nn(-c2ccccc2)c2nc(N(C)CC(=O)Nc3ccc(OC(F)(F)F)cc3)sc12. The zero-order chi connectivity index (χ0) is 22.9. The summed E-state index contributed by atoms with van der Waals surface area (Å²) >= 11 is 1.43. The molecule has 0 atom stereocenters. The van der Waals surface area contributed by atoms with E-state index in [0.29, 0.717) is 16.5 Å². The summed E-state index contributed by atoms with van der Waals surface area (Å²) in [7, 11) is 1.74. The van der Waals surface area contributed by atoms with E-state index in [1.807, 2.05) is 37.3 Å². The molecule has 0 aliphatic carbocycles. The van der Waals surface area contributed by atoms with Crippen LogP contribution in [0.3, 0.4) is 0 Å². The number of aryl methyl sites for hydroxylation is 1. The van der Waals surface area contributed by atoms with Crippen molar-refractivity contribution in [2.24, 2.45) is 0 Å². The number of rotatable bonds is 6. The fourth-order valence-electron chi connectivity index (χ4n) is 3.06. The van der Waals surface area contributed by atoms with Crippen molar-refractivity contribution in [3.63, 3.8) is 0 Å². The second-order valence-corrected chi connectivity index (χ2v) is 7.94. The Morgan fingerprint density at radius 2 is 1.84 bits per heavy atom. The third kappa shape index (κ3) is 4.83. The third-order valence-electron chi connectivity index (χ3n) is 4.46. The van der Waals surface area contributed by atoms with Gasteiger partial charge in [-0.2, -0.15) is 10.1 Å². The lowest BCUT2D eigenvalue weighted by molar-refractivity contribution is -0.274. The van der Waals surface area contributed by atoms with Crippen molar-refractivity contribution in [2.75, 3.05) is 23.8 Å². The number of alkyl halides is 3. The van der Waals surface area contributed by atoms with Gasteiger partial charge in [0, 0.05) is 12.7 Å². The number of thiazole rings is 1. The Balaban J connectivity index is 1.44. The molecular formula is C21H18F3N5O2S. The summed E-state index contributed by atoms with van der Waals surface area (Å²) in [4.78, 5) is 18.8. The average Bonchev–Trinajstić information content (AvgIpc) is 3.30. The van der Waals surface area contributed by atoms with Gasteiger partial charge in [-0.05, 0) is 43.3 Å². The highest BCUT2D eigenvalue weighted by Gasteiger charge is 2.31. The van der Waals surface area contributed by atoms with Crippen LogP contribution >= 0.6 is 11.3 Å². The van der Waals surface area contributed by atoms with Crippen molar-refractivity contribution in [3.8, 4) is 11.4 Å². The van der Waals surface area contributed by atoms with Gasteiger partial charge in [0.05, 0.1) is 22.6 Å². The number of fused-ring (bicyclic) bond motifs is 1. The normalized spacial score (nSPS) is 11.5. The van der Waals surface area contributed by atoms with Crippen molar-refractivity contribution in [3.05, 3.63) is 60.3 Å². The molecule has 4 aromatic rings. The molecule has 2 heterocycles. The van der Waals surface area contributed by atoms with Crippen LogP contribution < -0.4 is 15.0 Å².